The van der Waals surface area contributed by atoms with Gasteiger partial charge >= 0.3 is 0 Å². The van der Waals surface area contributed by atoms with Crippen LogP contribution in [0.25, 0.3) is 10.2 Å². The zero-order chi connectivity index (χ0) is 16.1. The van der Waals surface area contributed by atoms with Crippen molar-refractivity contribution in [3.05, 3.63) is 39.8 Å². The molecule has 5 nitrogen and oxygen atoms in total. The third kappa shape index (κ3) is 4.07. The first-order valence-electron chi connectivity index (χ1n) is 8.11. The normalized spacial score (nSPS) is 14.7. The smallest absolute Gasteiger partial charge is 0.262 e. The summed E-state index contributed by atoms with van der Waals surface area (Å²) in [6.45, 7) is 1.05. The topological polar surface area (TPSA) is 64.0 Å². The van der Waals surface area contributed by atoms with Crippen LogP contribution in [0.2, 0.25) is 0 Å². The van der Waals surface area contributed by atoms with Gasteiger partial charge in [-0.25, -0.2) is 4.98 Å². The van der Waals surface area contributed by atoms with E-state index in [-0.39, 0.29) is 11.5 Å². The summed E-state index contributed by atoms with van der Waals surface area (Å²) in [6, 6.07) is 1.78. The van der Waals surface area contributed by atoms with Crippen molar-refractivity contribution >= 4 is 27.5 Å². The van der Waals surface area contributed by atoms with Crippen molar-refractivity contribution in [1.29, 1.82) is 0 Å². The maximum atomic E-state index is 12.2. The number of rotatable bonds is 6. The molecule has 1 aliphatic carbocycles. The van der Waals surface area contributed by atoms with Gasteiger partial charge in [0.05, 0.1) is 11.7 Å². The van der Waals surface area contributed by atoms with E-state index in [1.807, 2.05) is 5.38 Å². The Balaban J connectivity index is 1.47. The van der Waals surface area contributed by atoms with Gasteiger partial charge in [-0.05, 0) is 43.6 Å². The number of carbonyl (C=O) groups is 1. The van der Waals surface area contributed by atoms with Gasteiger partial charge in [-0.15, -0.1) is 11.3 Å². The van der Waals surface area contributed by atoms with Crippen molar-refractivity contribution in [1.82, 2.24) is 14.9 Å². The van der Waals surface area contributed by atoms with E-state index in [0.29, 0.717) is 24.9 Å². The van der Waals surface area contributed by atoms with E-state index in [2.05, 4.69) is 16.4 Å². The minimum Gasteiger partial charge on any atom is -0.356 e. The third-order valence-electron chi connectivity index (χ3n) is 4.18. The fourth-order valence-corrected chi connectivity index (χ4v) is 3.58. The van der Waals surface area contributed by atoms with Crippen LogP contribution in [-0.4, -0.2) is 22.0 Å². The fourth-order valence-electron chi connectivity index (χ4n) is 2.86. The first-order chi connectivity index (χ1) is 11.2. The van der Waals surface area contributed by atoms with Crippen molar-refractivity contribution in [3.63, 3.8) is 0 Å². The molecule has 0 aliphatic heterocycles. The maximum Gasteiger partial charge on any atom is 0.262 e. The molecule has 0 radical (unpaired) electrons. The lowest BCUT2D eigenvalue weighted by molar-refractivity contribution is -0.121. The Morgan fingerprint density at radius 3 is 3.13 bits per heavy atom. The van der Waals surface area contributed by atoms with Crippen LogP contribution in [0.5, 0.6) is 0 Å². The van der Waals surface area contributed by atoms with E-state index in [1.54, 1.807) is 6.07 Å². The van der Waals surface area contributed by atoms with Crippen LogP contribution in [0.1, 0.15) is 38.5 Å². The largest absolute Gasteiger partial charge is 0.356 e. The summed E-state index contributed by atoms with van der Waals surface area (Å²) < 4.78 is 1.51. The van der Waals surface area contributed by atoms with Crippen LogP contribution in [0.3, 0.4) is 0 Å². The van der Waals surface area contributed by atoms with Gasteiger partial charge in [0.15, 0.2) is 0 Å². The van der Waals surface area contributed by atoms with Gasteiger partial charge < -0.3 is 5.32 Å². The van der Waals surface area contributed by atoms with Gasteiger partial charge in [-0.1, -0.05) is 11.6 Å². The number of aryl methyl sites for hydroxylation is 1. The predicted molar refractivity (Wildman–Crippen MR) is 92.7 cm³/mol. The van der Waals surface area contributed by atoms with E-state index in [4.69, 9.17) is 0 Å². The molecule has 0 fully saturated rings. The van der Waals surface area contributed by atoms with E-state index < -0.39 is 0 Å². The number of allylic oxidation sites excluding steroid dienone is 1. The number of hydrogen-bond acceptors (Lipinski definition) is 4. The summed E-state index contributed by atoms with van der Waals surface area (Å²) in [5.74, 6) is -0.0151. The lowest BCUT2D eigenvalue weighted by Gasteiger charge is -2.13. The standard InChI is InChI=1S/C17H21N3O2S/c21-15(18-9-6-13-4-2-1-3-5-13)7-10-20-12-19-16-14(17(20)22)8-11-23-16/h4,8,11-12H,1-3,5-7,9-10H2,(H,18,21). The second-order valence-electron chi connectivity index (χ2n) is 5.84. The molecule has 1 amide bonds. The first-order valence-corrected chi connectivity index (χ1v) is 8.99. The molecule has 6 heteroatoms. The van der Waals surface area contributed by atoms with Crippen molar-refractivity contribution < 1.29 is 4.79 Å². The van der Waals surface area contributed by atoms with Crippen LogP contribution < -0.4 is 10.9 Å². The number of nitrogens with zero attached hydrogens (tertiary/aromatic N) is 2. The summed E-state index contributed by atoms with van der Waals surface area (Å²) in [5.41, 5.74) is 1.39. The second kappa shape index (κ2) is 7.55. The van der Waals surface area contributed by atoms with Crippen LogP contribution in [-0.2, 0) is 11.3 Å². The molecule has 122 valence electrons. The lowest BCUT2D eigenvalue weighted by Crippen LogP contribution is -2.28. The Hall–Kier alpha value is -1.95. The van der Waals surface area contributed by atoms with Crippen LogP contribution in [0, 0.1) is 0 Å². The molecular weight excluding hydrogens is 310 g/mol. The number of fused-ring (bicyclic) bond motifs is 1. The molecule has 2 heterocycles. The fraction of sp³-hybridized carbons (Fsp3) is 0.471. The van der Waals surface area contributed by atoms with Gasteiger partial charge in [0.2, 0.25) is 5.91 Å². The molecule has 3 rings (SSSR count). The molecule has 0 bridgehead atoms. The van der Waals surface area contributed by atoms with Gasteiger partial charge in [0.1, 0.15) is 4.83 Å². The van der Waals surface area contributed by atoms with Gasteiger partial charge in [0.25, 0.3) is 5.56 Å². The molecule has 2 aromatic rings. The van der Waals surface area contributed by atoms with Crippen molar-refractivity contribution in [2.75, 3.05) is 6.54 Å². The number of nitrogens with one attached hydrogen (secondary N) is 1. The van der Waals surface area contributed by atoms with Crippen molar-refractivity contribution in [2.24, 2.45) is 0 Å². The van der Waals surface area contributed by atoms with Gasteiger partial charge in [-0.2, -0.15) is 0 Å². The molecule has 0 aromatic carbocycles. The van der Waals surface area contributed by atoms with E-state index in [9.17, 15) is 9.59 Å². The molecule has 0 spiro atoms. The van der Waals surface area contributed by atoms with Crippen molar-refractivity contribution in [3.8, 4) is 0 Å². The van der Waals surface area contributed by atoms with Crippen LogP contribution in [0.15, 0.2) is 34.2 Å². The summed E-state index contributed by atoms with van der Waals surface area (Å²) in [5, 5.41) is 5.42. The Bertz CT molecular complexity index is 775. The Morgan fingerprint density at radius 2 is 2.30 bits per heavy atom. The monoisotopic (exact) mass is 331 g/mol. The molecule has 0 atom stereocenters. The lowest BCUT2D eigenvalue weighted by atomic mass is 9.97. The molecular formula is C17H21N3O2S. The highest BCUT2D eigenvalue weighted by atomic mass is 32.1. The van der Waals surface area contributed by atoms with Gasteiger partial charge in [0, 0.05) is 19.5 Å². The average molecular weight is 331 g/mol. The predicted octanol–water partition coefficient (Wildman–Crippen LogP) is 2.85. The van der Waals surface area contributed by atoms with Gasteiger partial charge in [-0.3, -0.25) is 14.2 Å². The minimum absolute atomic E-state index is 0.0151. The minimum atomic E-state index is -0.0728. The Labute approximate surface area is 139 Å². The van der Waals surface area contributed by atoms with Crippen LogP contribution >= 0.6 is 11.3 Å². The highest BCUT2D eigenvalue weighted by molar-refractivity contribution is 7.16. The molecule has 0 unspecified atom stereocenters. The number of aromatic nitrogens is 2. The highest BCUT2D eigenvalue weighted by Crippen LogP contribution is 2.19. The summed E-state index contributed by atoms with van der Waals surface area (Å²) >= 11 is 1.45. The maximum absolute atomic E-state index is 12.2. The third-order valence-corrected chi connectivity index (χ3v) is 5.00. The number of thiophene rings is 1. The number of amides is 1. The summed E-state index contributed by atoms with van der Waals surface area (Å²) in [7, 11) is 0. The molecule has 1 aliphatic rings. The SMILES string of the molecule is O=C(CCn1cnc2sccc2c1=O)NCCC1=CCCCC1. The summed E-state index contributed by atoms with van der Waals surface area (Å²) in [4.78, 5) is 29.1. The molecule has 2 aromatic heterocycles. The summed E-state index contributed by atoms with van der Waals surface area (Å²) in [6.07, 6.45) is 9.96. The van der Waals surface area contributed by atoms with E-state index in [1.165, 1.54) is 47.1 Å². The number of carbonyl (C=O) groups excluding carboxylic acids is 1. The zero-order valence-corrected chi connectivity index (χ0v) is 13.9. The Morgan fingerprint density at radius 1 is 1.39 bits per heavy atom. The van der Waals surface area contributed by atoms with E-state index in [0.717, 1.165) is 17.7 Å². The molecule has 0 saturated heterocycles. The quantitative estimate of drug-likeness (QED) is 0.828. The van der Waals surface area contributed by atoms with E-state index >= 15 is 0 Å². The number of hydrogen-bond donors (Lipinski definition) is 1. The highest BCUT2D eigenvalue weighted by Gasteiger charge is 2.08. The van der Waals surface area contributed by atoms with Crippen LogP contribution in [0.4, 0.5) is 0 Å². The molecule has 23 heavy (non-hydrogen) atoms. The van der Waals surface area contributed by atoms with Crippen molar-refractivity contribution in [2.45, 2.75) is 45.1 Å². The zero-order valence-electron chi connectivity index (χ0n) is 13.1. The average Bonchev–Trinajstić information content (AvgIpc) is 3.05. The molecule has 0 saturated carbocycles. The molecule has 1 N–H and O–H groups in total. The second-order valence-corrected chi connectivity index (χ2v) is 6.74. The first kappa shape index (κ1) is 15.9. The Kier molecular flexibility index (Phi) is 5.23.